The largest absolute Gasteiger partial charge is 0.495 e. The smallest absolute Gasteiger partial charge is 0.399 e. The minimum atomic E-state index is -0.404. The zero-order valence-corrected chi connectivity index (χ0v) is 17.6. The quantitative estimate of drug-likeness (QED) is 0.740. The lowest BCUT2D eigenvalue weighted by atomic mass is 9.76. The molecular formula is C23H30BNO3. The fourth-order valence-electron chi connectivity index (χ4n) is 4.01. The summed E-state index contributed by atoms with van der Waals surface area (Å²) < 4.78 is 12.5. The zero-order chi connectivity index (χ0) is 20.1. The van der Waals surface area contributed by atoms with Crippen molar-refractivity contribution in [3.05, 3.63) is 42.0 Å². The molecule has 0 unspecified atom stereocenters. The normalized spacial score (nSPS) is 22.0. The molecule has 0 atom stereocenters. The molecule has 2 fully saturated rings. The van der Waals surface area contributed by atoms with Crippen LogP contribution in [0.1, 0.15) is 57.8 Å². The molecule has 0 N–H and O–H groups in total. The first-order chi connectivity index (χ1) is 13.2. The molecule has 2 aliphatic rings. The Balaban J connectivity index is 1.63. The third-order valence-corrected chi connectivity index (χ3v) is 6.74. The lowest BCUT2D eigenvalue weighted by molar-refractivity contribution is 0.00578. The molecule has 0 aromatic heterocycles. The van der Waals surface area contributed by atoms with Crippen molar-refractivity contribution in [3.8, 4) is 0 Å². The van der Waals surface area contributed by atoms with Gasteiger partial charge in [0.05, 0.1) is 11.2 Å². The molecule has 0 bridgehead atoms. The highest BCUT2D eigenvalue weighted by Gasteiger charge is 2.52. The molecular weight excluding hydrogens is 349 g/mol. The van der Waals surface area contributed by atoms with Gasteiger partial charge in [0.2, 0.25) is 0 Å². The Bertz CT molecular complexity index is 884. The SMILES string of the molecule is CC1CCN(C(=O)c2ccc3c(B4OC(C)(C)C(C)(C)O4)cccc3c2)CC1. The highest BCUT2D eigenvalue weighted by molar-refractivity contribution is 6.65. The van der Waals surface area contributed by atoms with Gasteiger partial charge in [-0.3, -0.25) is 4.79 Å². The number of nitrogens with zero attached hydrogens (tertiary/aromatic N) is 1. The van der Waals surface area contributed by atoms with E-state index in [0.717, 1.165) is 47.7 Å². The third-order valence-electron chi connectivity index (χ3n) is 6.74. The summed E-state index contributed by atoms with van der Waals surface area (Å²) in [4.78, 5) is 14.9. The second kappa shape index (κ2) is 6.89. The Kier molecular flexibility index (Phi) is 4.79. The van der Waals surface area contributed by atoms with E-state index < -0.39 is 7.12 Å². The Morgan fingerprint density at radius 2 is 1.68 bits per heavy atom. The average Bonchev–Trinajstić information content (AvgIpc) is 2.88. The van der Waals surface area contributed by atoms with Gasteiger partial charge >= 0.3 is 7.12 Å². The van der Waals surface area contributed by atoms with Gasteiger partial charge in [0.15, 0.2) is 0 Å². The first-order valence-electron chi connectivity index (χ1n) is 10.4. The lowest BCUT2D eigenvalue weighted by Gasteiger charge is -2.32. The Morgan fingerprint density at radius 3 is 2.32 bits per heavy atom. The number of hydrogen-bond acceptors (Lipinski definition) is 3. The number of piperidine rings is 1. The van der Waals surface area contributed by atoms with Crippen LogP contribution in [-0.2, 0) is 9.31 Å². The minimum Gasteiger partial charge on any atom is -0.399 e. The molecule has 0 radical (unpaired) electrons. The van der Waals surface area contributed by atoms with Gasteiger partial charge in [0.25, 0.3) is 5.91 Å². The molecule has 148 valence electrons. The van der Waals surface area contributed by atoms with E-state index in [0.29, 0.717) is 5.92 Å². The molecule has 0 spiro atoms. The van der Waals surface area contributed by atoms with Gasteiger partial charge in [-0.2, -0.15) is 0 Å². The van der Waals surface area contributed by atoms with Crippen LogP contribution in [0.3, 0.4) is 0 Å². The van der Waals surface area contributed by atoms with Gasteiger partial charge in [-0.25, -0.2) is 0 Å². The van der Waals surface area contributed by atoms with Gasteiger partial charge in [-0.1, -0.05) is 31.2 Å². The minimum absolute atomic E-state index is 0.134. The number of amides is 1. The summed E-state index contributed by atoms with van der Waals surface area (Å²) >= 11 is 0. The van der Waals surface area contributed by atoms with Crippen LogP contribution in [0.15, 0.2) is 36.4 Å². The third kappa shape index (κ3) is 3.35. The first-order valence-corrected chi connectivity index (χ1v) is 10.4. The van der Waals surface area contributed by atoms with Crippen molar-refractivity contribution in [1.82, 2.24) is 4.90 Å². The molecule has 2 saturated heterocycles. The van der Waals surface area contributed by atoms with Crippen LogP contribution in [0.5, 0.6) is 0 Å². The number of carbonyl (C=O) groups is 1. The number of benzene rings is 2. The molecule has 2 aromatic carbocycles. The molecule has 5 heteroatoms. The number of rotatable bonds is 2. The van der Waals surface area contributed by atoms with Crippen molar-refractivity contribution >= 4 is 29.3 Å². The second-order valence-electron chi connectivity index (χ2n) is 9.35. The van der Waals surface area contributed by atoms with Crippen LogP contribution < -0.4 is 5.46 Å². The molecule has 4 nitrogen and oxygen atoms in total. The van der Waals surface area contributed by atoms with Crippen molar-refractivity contribution in [3.63, 3.8) is 0 Å². The van der Waals surface area contributed by atoms with E-state index in [4.69, 9.17) is 9.31 Å². The Hall–Kier alpha value is -1.85. The number of carbonyl (C=O) groups excluding carboxylic acids is 1. The fraction of sp³-hybridized carbons (Fsp3) is 0.522. The predicted octanol–water partition coefficient (Wildman–Crippen LogP) is 4.01. The summed E-state index contributed by atoms with van der Waals surface area (Å²) in [7, 11) is -0.404. The molecule has 28 heavy (non-hydrogen) atoms. The maximum Gasteiger partial charge on any atom is 0.495 e. The van der Waals surface area contributed by atoms with Gasteiger partial charge in [-0.05, 0) is 74.8 Å². The second-order valence-corrected chi connectivity index (χ2v) is 9.35. The maximum absolute atomic E-state index is 12.9. The van der Waals surface area contributed by atoms with E-state index in [2.05, 4.69) is 46.8 Å². The van der Waals surface area contributed by atoms with E-state index in [9.17, 15) is 4.79 Å². The summed E-state index contributed by atoms with van der Waals surface area (Å²) in [6.07, 6.45) is 2.18. The van der Waals surface area contributed by atoms with Crippen LogP contribution in [-0.4, -0.2) is 42.2 Å². The molecule has 2 aromatic rings. The number of fused-ring (bicyclic) bond motifs is 1. The molecule has 0 aliphatic carbocycles. The molecule has 2 aliphatic heterocycles. The number of likely N-dealkylation sites (tertiary alicyclic amines) is 1. The summed E-state index contributed by atoms with van der Waals surface area (Å²) in [5.41, 5.74) is 1.03. The summed E-state index contributed by atoms with van der Waals surface area (Å²) in [6.45, 7) is 12.2. The van der Waals surface area contributed by atoms with Gasteiger partial charge in [0, 0.05) is 18.7 Å². The van der Waals surface area contributed by atoms with Crippen molar-refractivity contribution in [2.45, 2.75) is 58.7 Å². The van der Waals surface area contributed by atoms with E-state index in [1.165, 1.54) is 0 Å². The van der Waals surface area contributed by atoms with E-state index in [1.807, 2.05) is 29.2 Å². The molecule has 2 heterocycles. The predicted molar refractivity (Wildman–Crippen MR) is 114 cm³/mol. The highest BCUT2D eigenvalue weighted by Crippen LogP contribution is 2.37. The lowest BCUT2D eigenvalue weighted by Crippen LogP contribution is -2.41. The van der Waals surface area contributed by atoms with Crippen LogP contribution in [0.4, 0.5) is 0 Å². The van der Waals surface area contributed by atoms with Crippen LogP contribution in [0, 0.1) is 5.92 Å². The monoisotopic (exact) mass is 379 g/mol. The molecule has 1 amide bonds. The topological polar surface area (TPSA) is 38.8 Å². The summed E-state index contributed by atoms with van der Waals surface area (Å²) in [6, 6.07) is 12.1. The Morgan fingerprint density at radius 1 is 1.04 bits per heavy atom. The first kappa shape index (κ1) is 19.5. The molecule has 4 rings (SSSR count). The summed E-state index contributed by atoms with van der Waals surface area (Å²) in [5.74, 6) is 0.845. The standard InChI is InChI=1S/C23H30BNO3/c1-16-11-13-25(14-12-16)21(26)18-9-10-19-17(15-18)7-6-8-20(19)24-27-22(2,3)23(4,5)28-24/h6-10,15-16H,11-14H2,1-5H3. The van der Waals surface area contributed by atoms with Crippen LogP contribution in [0.2, 0.25) is 0 Å². The fourth-order valence-corrected chi connectivity index (χ4v) is 4.01. The van der Waals surface area contributed by atoms with Crippen molar-refractivity contribution in [1.29, 1.82) is 0 Å². The maximum atomic E-state index is 12.9. The van der Waals surface area contributed by atoms with E-state index in [-0.39, 0.29) is 17.1 Å². The highest BCUT2D eigenvalue weighted by atomic mass is 16.7. The zero-order valence-electron chi connectivity index (χ0n) is 17.6. The molecule has 0 saturated carbocycles. The Labute approximate surface area is 168 Å². The average molecular weight is 379 g/mol. The van der Waals surface area contributed by atoms with Crippen molar-refractivity contribution < 1.29 is 14.1 Å². The number of hydrogen-bond donors (Lipinski definition) is 0. The van der Waals surface area contributed by atoms with Crippen LogP contribution in [0.25, 0.3) is 10.8 Å². The van der Waals surface area contributed by atoms with E-state index in [1.54, 1.807) is 0 Å². The van der Waals surface area contributed by atoms with Crippen LogP contribution >= 0.6 is 0 Å². The summed E-state index contributed by atoms with van der Waals surface area (Å²) in [5, 5.41) is 2.12. The van der Waals surface area contributed by atoms with Gasteiger partial charge in [0.1, 0.15) is 0 Å². The van der Waals surface area contributed by atoms with Crippen molar-refractivity contribution in [2.75, 3.05) is 13.1 Å². The van der Waals surface area contributed by atoms with Gasteiger partial charge < -0.3 is 14.2 Å². The van der Waals surface area contributed by atoms with Crippen molar-refractivity contribution in [2.24, 2.45) is 5.92 Å². The van der Waals surface area contributed by atoms with Gasteiger partial charge in [-0.15, -0.1) is 0 Å². The van der Waals surface area contributed by atoms with E-state index >= 15 is 0 Å².